The molecule has 1 aliphatic heterocycles. The molecule has 1 aromatic carbocycles. The maximum absolute atomic E-state index is 13.6. The van der Waals surface area contributed by atoms with Crippen molar-refractivity contribution in [2.24, 2.45) is 0 Å². The van der Waals surface area contributed by atoms with Crippen LogP contribution in [0.5, 0.6) is 0 Å². The molecule has 146 valence electrons. The van der Waals surface area contributed by atoms with Crippen LogP contribution in [0.3, 0.4) is 0 Å². The SMILES string of the molecule is CCN(CC)S(=O)(=O)N1CCN(C(=O)CCc2cc(F)ccc2F)CC1. The summed E-state index contributed by atoms with van der Waals surface area (Å²) < 4.78 is 54.5. The molecule has 0 atom stereocenters. The van der Waals surface area contributed by atoms with Crippen LogP contribution in [0.1, 0.15) is 25.8 Å². The van der Waals surface area contributed by atoms with Crippen molar-refractivity contribution < 1.29 is 22.0 Å². The number of benzene rings is 1. The summed E-state index contributed by atoms with van der Waals surface area (Å²) in [4.78, 5) is 13.9. The van der Waals surface area contributed by atoms with Gasteiger partial charge in [0.1, 0.15) is 11.6 Å². The summed E-state index contributed by atoms with van der Waals surface area (Å²) in [5.74, 6) is -1.26. The highest BCUT2D eigenvalue weighted by Gasteiger charge is 2.31. The van der Waals surface area contributed by atoms with Gasteiger partial charge in [0.2, 0.25) is 5.91 Å². The van der Waals surface area contributed by atoms with Gasteiger partial charge in [0.15, 0.2) is 0 Å². The molecular weight excluding hydrogens is 364 g/mol. The highest BCUT2D eigenvalue weighted by Crippen LogP contribution is 2.15. The summed E-state index contributed by atoms with van der Waals surface area (Å²) in [6, 6.07) is 3.18. The van der Waals surface area contributed by atoms with Gasteiger partial charge >= 0.3 is 0 Å². The fourth-order valence-corrected chi connectivity index (χ4v) is 4.62. The third-order valence-corrected chi connectivity index (χ3v) is 6.75. The summed E-state index contributed by atoms with van der Waals surface area (Å²) >= 11 is 0. The molecule has 2 rings (SSSR count). The molecule has 26 heavy (non-hydrogen) atoms. The average molecular weight is 389 g/mol. The summed E-state index contributed by atoms with van der Waals surface area (Å²) in [5.41, 5.74) is 0.168. The maximum atomic E-state index is 13.6. The van der Waals surface area contributed by atoms with Gasteiger partial charge < -0.3 is 4.90 Å². The lowest BCUT2D eigenvalue weighted by atomic mass is 10.1. The molecule has 0 unspecified atom stereocenters. The van der Waals surface area contributed by atoms with Crippen molar-refractivity contribution >= 4 is 16.1 Å². The summed E-state index contributed by atoms with van der Waals surface area (Å²) in [7, 11) is -3.50. The van der Waals surface area contributed by atoms with Crippen molar-refractivity contribution in [2.75, 3.05) is 39.3 Å². The standard InChI is InChI=1S/C17H25F2N3O3S/c1-3-21(4-2)26(24,25)22-11-9-20(10-12-22)17(23)8-5-14-13-15(18)6-7-16(14)19/h6-7,13H,3-5,8-12H2,1-2H3. The van der Waals surface area contributed by atoms with Crippen LogP contribution in [-0.4, -0.2) is 67.1 Å². The van der Waals surface area contributed by atoms with E-state index in [1.54, 1.807) is 18.7 Å². The van der Waals surface area contributed by atoms with Gasteiger partial charge in [0.25, 0.3) is 10.2 Å². The van der Waals surface area contributed by atoms with Crippen LogP contribution in [0.4, 0.5) is 8.78 Å². The molecule has 1 amide bonds. The van der Waals surface area contributed by atoms with Crippen LogP contribution in [0.25, 0.3) is 0 Å². The Balaban J connectivity index is 1.89. The molecule has 0 aromatic heterocycles. The Kier molecular flexibility index (Phi) is 7.08. The fourth-order valence-electron chi connectivity index (χ4n) is 3.02. The van der Waals surface area contributed by atoms with Crippen molar-refractivity contribution in [1.29, 1.82) is 0 Å². The Hall–Kier alpha value is -1.58. The van der Waals surface area contributed by atoms with Gasteiger partial charge in [-0.1, -0.05) is 13.8 Å². The van der Waals surface area contributed by atoms with Gasteiger partial charge in [0, 0.05) is 45.7 Å². The molecule has 6 nitrogen and oxygen atoms in total. The smallest absolute Gasteiger partial charge is 0.282 e. The number of hydrogen-bond donors (Lipinski definition) is 0. The van der Waals surface area contributed by atoms with Crippen molar-refractivity contribution in [3.63, 3.8) is 0 Å². The van der Waals surface area contributed by atoms with E-state index in [0.29, 0.717) is 26.2 Å². The maximum Gasteiger partial charge on any atom is 0.282 e. The second kappa shape index (κ2) is 8.88. The normalized spacial score (nSPS) is 16.3. The number of aryl methyl sites for hydroxylation is 1. The second-order valence-electron chi connectivity index (χ2n) is 6.11. The van der Waals surface area contributed by atoms with E-state index in [0.717, 1.165) is 18.2 Å². The Bertz CT molecular complexity index is 731. The first kappa shape index (κ1) is 20.7. The van der Waals surface area contributed by atoms with Gasteiger partial charge in [-0.25, -0.2) is 8.78 Å². The lowest BCUT2D eigenvalue weighted by molar-refractivity contribution is -0.132. The van der Waals surface area contributed by atoms with E-state index in [1.165, 1.54) is 8.61 Å². The molecular formula is C17H25F2N3O3S. The fraction of sp³-hybridized carbons (Fsp3) is 0.588. The topological polar surface area (TPSA) is 60.9 Å². The molecule has 1 fully saturated rings. The Labute approximate surface area is 153 Å². The molecule has 1 heterocycles. The molecule has 1 saturated heterocycles. The number of carbonyl (C=O) groups is 1. The van der Waals surface area contributed by atoms with Crippen LogP contribution in [0.2, 0.25) is 0 Å². The Morgan fingerprint density at radius 3 is 2.31 bits per heavy atom. The summed E-state index contributed by atoms with van der Waals surface area (Å²) in [6.07, 6.45) is 0.170. The highest BCUT2D eigenvalue weighted by molar-refractivity contribution is 7.86. The van der Waals surface area contributed by atoms with Crippen molar-refractivity contribution in [1.82, 2.24) is 13.5 Å². The monoisotopic (exact) mass is 389 g/mol. The number of rotatable bonds is 7. The molecule has 0 N–H and O–H groups in total. The first-order valence-electron chi connectivity index (χ1n) is 8.76. The van der Waals surface area contributed by atoms with Crippen LogP contribution in [-0.2, 0) is 21.4 Å². The van der Waals surface area contributed by atoms with Crippen LogP contribution in [0, 0.1) is 11.6 Å². The largest absolute Gasteiger partial charge is 0.340 e. The number of hydrogen-bond acceptors (Lipinski definition) is 3. The highest BCUT2D eigenvalue weighted by atomic mass is 32.2. The minimum absolute atomic E-state index is 0.0587. The minimum Gasteiger partial charge on any atom is -0.340 e. The number of amides is 1. The van der Waals surface area contributed by atoms with E-state index in [2.05, 4.69) is 0 Å². The average Bonchev–Trinajstić information content (AvgIpc) is 2.63. The predicted octanol–water partition coefficient (Wildman–Crippen LogP) is 1.63. The van der Waals surface area contributed by atoms with Crippen LogP contribution >= 0.6 is 0 Å². The second-order valence-corrected chi connectivity index (χ2v) is 8.04. The van der Waals surface area contributed by atoms with Crippen molar-refractivity contribution in [3.8, 4) is 0 Å². The molecule has 1 aliphatic rings. The first-order chi connectivity index (χ1) is 12.3. The van der Waals surface area contributed by atoms with E-state index >= 15 is 0 Å². The Morgan fingerprint density at radius 2 is 1.73 bits per heavy atom. The molecule has 0 radical (unpaired) electrons. The quantitative estimate of drug-likeness (QED) is 0.712. The van der Waals surface area contributed by atoms with Crippen molar-refractivity contribution in [3.05, 3.63) is 35.4 Å². The molecule has 1 aromatic rings. The van der Waals surface area contributed by atoms with Gasteiger partial charge in [-0.05, 0) is 30.2 Å². The van der Waals surface area contributed by atoms with Crippen LogP contribution < -0.4 is 0 Å². The Morgan fingerprint density at radius 1 is 1.12 bits per heavy atom. The zero-order chi connectivity index (χ0) is 19.3. The van der Waals surface area contributed by atoms with Gasteiger partial charge in [-0.15, -0.1) is 0 Å². The molecule has 0 aliphatic carbocycles. The zero-order valence-electron chi connectivity index (χ0n) is 15.1. The molecule has 0 saturated carbocycles. The van der Waals surface area contributed by atoms with E-state index in [-0.39, 0.29) is 37.4 Å². The zero-order valence-corrected chi connectivity index (χ0v) is 15.9. The predicted molar refractivity (Wildman–Crippen MR) is 94.7 cm³/mol. The van der Waals surface area contributed by atoms with E-state index in [9.17, 15) is 22.0 Å². The molecule has 0 bridgehead atoms. The lowest BCUT2D eigenvalue weighted by Crippen LogP contribution is -2.54. The summed E-state index contributed by atoms with van der Waals surface area (Å²) in [6.45, 7) is 5.43. The van der Waals surface area contributed by atoms with E-state index in [1.807, 2.05) is 0 Å². The number of nitrogens with zero attached hydrogens (tertiary/aromatic N) is 3. The van der Waals surface area contributed by atoms with E-state index < -0.39 is 21.8 Å². The lowest BCUT2D eigenvalue weighted by Gasteiger charge is -2.36. The minimum atomic E-state index is -3.50. The van der Waals surface area contributed by atoms with Gasteiger partial charge in [-0.3, -0.25) is 4.79 Å². The first-order valence-corrected chi connectivity index (χ1v) is 10.2. The van der Waals surface area contributed by atoms with Crippen molar-refractivity contribution in [2.45, 2.75) is 26.7 Å². The molecule has 9 heteroatoms. The summed E-state index contributed by atoms with van der Waals surface area (Å²) in [5, 5.41) is 0. The van der Waals surface area contributed by atoms with E-state index in [4.69, 9.17) is 0 Å². The third-order valence-electron chi connectivity index (χ3n) is 4.57. The van der Waals surface area contributed by atoms with Gasteiger partial charge in [-0.2, -0.15) is 17.0 Å². The molecule has 0 spiro atoms. The number of carbonyl (C=O) groups excluding carboxylic acids is 1. The number of piperazine rings is 1. The third kappa shape index (κ3) is 4.77. The number of halogens is 2. The van der Waals surface area contributed by atoms with Gasteiger partial charge in [0.05, 0.1) is 0 Å². The van der Waals surface area contributed by atoms with Crippen LogP contribution in [0.15, 0.2) is 18.2 Å².